The molecule has 0 aliphatic carbocycles. The predicted molar refractivity (Wildman–Crippen MR) is 68.3 cm³/mol. The molecule has 2 atom stereocenters. The van der Waals surface area contributed by atoms with Gasteiger partial charge in [0.05, 0.1) is 5.38 Å². The van der Waals surface area contributed by atoms with Gasteiger partial charge in [-0.15, -0.1) is 11.6 Å². The first-order valence-electron chi connectivity index (χ1n) is 5.93. The molecule has 0 radical (unpaired) electrons. The van der Waals surface area contributed by atoms with Crippen molar-refractivity contribution < 1.29 is 0 Å². The van der Waals surface area contributed by atoms with Gasteiger partial charge in [-0.2, -0.15) is 0 Å². The number of benzene rings is 1. The number of halogens is 1. The van der Waals surface area contributed by atoms with Gasteiger partial charge in [-0.05, 0) is 24.3 Å². The molecule has 0 N–H and O–H groups in total. The molecule has 0 aromatic heterocycles. The number of hydrogen-bond donors (Lipinski definition) is 0. The molecule has 0 aliphatic rings. The Labute approximate surface area is 98.7 Å². The van der Waals surface area contributed by atoms with Crippen LogP contribution in [0, 0.1) is 5.92 Å². The predicted octanol–water partition coefficient (Wildman–Crippen LogP) is 5.18. The molecule has 0 spiro atoms. The van der Waals surface area contributed by atoms with E-state index >= 15 is 0 Å². The molecule has 15 heavy (non-hydrogen) atoms. The highest BCUT2D eigenvalue weighted by Gasteiger charge is 2.09. The fraction of sp³-hybridized carbons (Fsp3) is 0.571. The standard InChI is InChI=1S/C14H21Cl/c1-3-7-12(2)10-11-14(15)13-8-5-4-6-9-13/h4-6,8-9,12,14H,3,7,10-11H2,1-2H3. The zero-order valence-corrected chi connectivity index (χ0v) is 10.5. The normalized spacial score (nSPS) is 14.9. The van der Waals surface area contributed by atoms with Crippen molar-refractivity contribution in [1.82, 2.24) is 0 Å². The maximum atomic E-state index is 6.35. The summed E-state index contributed by atoms with van der Waals surface area (Å²) < 4.78 is 0. The van der Waals surface area contributed by atoms with Gasteiger partial charge in [0.1, 0.15) is 0 Å². The zero-order chi connectivity index (χ0) is 11.1. The van der Waals surface area contributed by atoms with Crippen LogP contribution in [0.3, 0.4) is 0 Å². The van der Waals surface area contributed by atoms with Crippen molar-refractivity contribution in [2.45, 2.75) is 44.9 Å². The summed E-state index contributed by atoms with van der Waals surface area (Å²) in [6.07, 6.45) is 4.92. The SMILES string of the molecule is CCCC(C)CCC(Cl)c1ccccc1. The van der Waals surface area contributed by atoms with E-state index in [0.717, 1.165) is 12.3 Å². The monoisotopic (exact) mass is 224 g/mol. The maximum absolute atomic E-state index is 6.35. The first-order valence-corrected chi connectivity index (χ1v) is 6.36. The minimum Gasteiger partial charge on any atom is -0.118 e. The van der Waals surface area contributed by atoms with Crippen molar-refractivity contribution in [2.24, 2.45) is 5.92 Å². The summed E-state index contributed by atoms with van der Waals surface area (Å²) in [5, 5.41) is 0.186. The van der Waals surface area contributed by atoms with E-state index in [-0.39, 0.29) is 5.38 Å². The molecular weight excluding hydrogens is 204 g/mol. The van der Waals surface area contributed by atoms with E-state index in [9.17, 15) is 0 Å². The van der Waals surface area contributed by atoms with Crippen LogP contribution >= 0.6 is 11.6 Å². The molecular formula is C14H21Cl. The number of rotatable bonds is 6. The summed E-state index contributed by atoms with van der Waals surface area (Å²) in [4.78, 5) is 0. The van der Waals surface area contributed by atoms with Gasteiger partial charge in [-0.3, -0.25) is 0 Å². The first-order chi connectivity index (χ1) is 7.24. The van der Waals surface area contributed by atoms with E-state index in [1.165, 1.54) is 24.8 Å². The van der Waals surface area contributed by atoms with Crippen LogP contribution in [-0.4, -0.2) is 0 Å². The minimum atomic E-state index is 0.186. The lowest BCUT2D eigenvalue weighted by Crippen LogP contribution is -1.97. The summed E-state index contributed by atoms with van der Waals surface area (Å²) in [5.74, 6) is 0.806. The van der Waals surface area contributed by atoms with Crippen LogP contribution in [0.25, 0.3) is 0 Å². The van der Waals surface area contributed by atoms with Gasteiger partial charge in [0.2, 0.25) is 0 Å². The van der Waals surface area contributed by atoms with Gasteiger partial charge < -0.3 is 0 Å². The lowest BCUT2D eigenvalue weighted by molar-refractivity contribution is 0.466. The Morgan fingerprint density at radius 2 is 1.73 bits per heavy atom. The van der Waals surface area contributed by atoms with Gasteiger partial charge in [-0.1, -0.05) is 57.0 Å². The summed E-state index contributed by atoms with van der Waals surface area (Å²) >= 11 is 6.35. The Bertz CT molecular complexity index is 255. The summed E-state index contributed by atoms with van der Waals surface area (Å²) in [6, 6.07) is 10.4. The maximum Gasteiger partial charge on any atom is 0.0585 e. The number of alkyl halides is 1. The lowest BCUT2D eigenvalue weighted by atomic mass is 9.97. The fourth-order valence-electron chi connectivity index (χ4n) is 1.90. The van der Waals surface area contributed by atoms with Gasteiger partial charge >= 0.3 is 0 Å². The highest BCUT2D eigenvalue weighted by atomic mass is 35.5. The van der Waals surface area contributed by atoms with Crippen molar-refractivity contribution >= 4 is 11.6 Å². The van der Waals surface area contributed by atoms with E-state index in [0.29, 0.717) is 0 Å². The highest BCUT2D eigenvalue weighted by Crippen LogP contribution is 2.27. The van der Waals surface area contributed by atoms with Crippen LogP contribution in [-0.2, 0) is 0 Å². The molecule has 2 unspecified atom stereocenters. The van der Waals surface area contributed by atoms with Gasteiger partial charge in [0, 0.05) is 0 Å². The molecule has 1 rings (SSSR count). The minimum absolute atomic E-state index is 0.186. The summed E-state index contributed by atoms with van der Waals surface area (Å²) in [7, 11) is 0. The second kappa shape index (κ2) is 6.90. The molecule has 0 saturated carbocycles. The molecule has 1 aromatic rings. The van der Waals surface area contributed by atoms with E-state index in [1.54, 1.807) is 0 Å². The molecule has 0 nitrogen and oxygen atoms in total. The summed E-state index contributed by atoms with van der Waals surface area (Å²) in [6.45, 7) is 4.56. The largest absolute Gasteiger partial charge is 0.118 e. The third kappa shape index (κ3) is 4.70. The van der Waals surface area contributed by atoms with Crippen LogP contribution in [0.5, 0.6) is 0 Å². The smallest absolute Gasteiger partial charge is 0.0585 e. The molecule has 0 saturated heterocycles. The third-order valence-electron chi connectivity index (χ3n) is 2.86. The van der Waals surface area contributed by atoms with Crippen molar-refractivity contribution in [1.29, 1.82) is 0 Å². The fourth-order valence-corrected chi connectivity index (χ4v) is 2.17. The topological polar surface area (TPSA) is 0 Å². The van der Waals surface area contributed by atoms with Crippen molar-refractivity contribution in [3.05, 3.63) is 35.9 Å². The van der Waals surface area contributed by atoms with Gasteiger partial charge in [0.15, 0.2) is 0 Å². The molecule has 0 fully saturated rings. The average Bonchev–Trinajstić information content (AvgIpc) is 2.27. The van der Waals surface area contributed by atoms with E-state index in [4.69, 9.17) is 11.6 Å². The Hall–Kier alpha value is -0.490. The van der Waals surface area contributed by atoms with E-state index in [2.05, 4.69) is 38.1 Å². The molecule has 1 heteroatoms. The summed E-state index contributed by atoms with van der Waals surface area (Å²) in [5.41, 5.74) is 1.25. The van der Waals surface area contributed by atoms with Crippen LogP contribution in [0.4, 0.5) is 0 Å². The second-order valence-electron chi connectivity index (χ2n) is 4.35. The van der Waals surface area contributed by atoms with Crippen LogP contribution in [0.15, 0.2) is 30.3 Å². The third-order valence-corrected chi connectivity index (χ3v) is 3.33. The molecule has 0 bridgehead atoms. The first kappa shape index (κ1) is 12.6. The van der Waals surface area contributed by atoms with Crippen molar-refractivity contribution in [3.8, 4) is 0 Å². The Morgan fingerprint density at radius 3 is 2.33 bits per heavy atom. The average molecular weight is 225 g/mol. The molecule has 1 aromatic carbocycles. The quantitative estimate of drug-likeness (QED) is 0.584. The van der Waals surface area contributed by atoms with Gasteiger partial charge in [0.25, 0.3) is 0 Å². The van der Waals surface area contributed by atoms with Crippen LogP contribution < -0.4 is 0 Å². The van der Waals surface area contributed by atoms with E-state index in [1.807, 2.05) is 6.07 Å². The molecule has 84 valence electrons. The highest BCUT2D eigenvalue weighted by molar-refractivity contribution is 6.20. The van der Waals surface area contributed by atoms with Crippen molar-refractivity contribution in [2.75, 3.05) is 0 Å². The lowest BCUT2D eigenvalue weighted by Gasteiger charge is -2.13. The number of hydrogen-bond acceptors (Lipinski definition) is 0. The van der Waals surface area contributed by atoms with Crippen molar-refractivity contribution in [3.63, 3.8) is 0 Å². The second-order valence-corrected chi connectivity index (χ2v) is 4.88. The Morgan fingerprint density at radius 1 is 1.07 bits per heavy atom. The molecule has 0 heterocycles. The van der Waals surface area contributed by atoms with Gasteiger partial charge in [-0.25, -0.2) is 0 Å². The van der Waals surface area contributed by atoms with Crippen LogP contribution in [0.1, 0.15) is 50.5 Å². The Kier molecular flexibility index (Phi) is 5.78. The Balaban J connectivity index is 2.33. The molecule has 0 aliphatic heterocycles. The molecule has 0 amide bonds. The van der Waals surface area contributed by atoms with E-state index < -0.39 is 0 Å². The zero-order valence-electron chi connectivity index (χ0n) is 9.75. The van der Waals surface area contributed by atoms with Crippen LogP contribution in [0.2, 0.25) is 0 Å².